The van der Waals surface area contributed by atoms with Gasteiger partial charge in [-0.2, -0.15) is 0 Å². The van der Waals surface area contributed by atoms with Crippen LogP contribution in [0.5, 0.6) is 0 Å². The molecule has 0 spiro atoms. The molecule has 2 rings (SSSR count). The van der Waals surface area contributed by atoms with Gasteiger partial charge in [-0.1, -0.05) is 30.3 Å². The summed E-state index contributed by atoms with van der Waals surface area (Å²) in [5.74, 6) is 0.559. The molecule has 0 fully saturated rings. The Bertz CT molecular complexity index is 810. The number of hydrogen-bond donors (Lipinski definition) is 3. The summed E-state index contributed by atoms with van der Waals surface area (Å²) in [5, 5.41) is 7.25. The first-order valence-electron chi connectivity index (χ1n) is 8.35. The number of aryl methyl sites for hydroxylation is 1. The summed E-state index contributed by atoms with van der Waals surface area (Å²) < 4.78 is 26.7. The zero-order chi connectivity index (χ0) is 18.8. The summed E-state index contributed by atoms with van der Waals surface area (Å²) in [6.07, 6.45) is 2.66. The van der Waals surface area contributed by atoms with Gasteiger partial charge in [-0.05, 0) is 12.5 Å². The lowest BCUT2D eigenvalue weighted by Gasteiger charge is -2.12. The Morgan fingerprint density at radius 3 is 2.52 bits per heavy atom. The second-order valence-corrected chi connectivity index (χ2v) is 8.91. The summed E-state index contributed by atoms with van der Waals surface area (Å²) in [6.45, 7) is 3.29. The molecular weight excluding hydrogens is 497 g/mol. The molecule has 0 atom stereocenters. The minimum absolute atomic E-state index is 0. The van der Waals surface area contributed by atoms with Crippen LogP contribution in [0.25, 0.3) is 0 Å². The van der Waals surface area contributed by atoms with Crippen LogP contribution in [-0.4, -0.2) is 45.3 Å². The van der Waals surface area contributed by atoms with Crippen LogP contribution in [0.4, 0.5) is 0 Å². The molecule has 0 saturated carbocycles. The summed E-state index contributed by atoms with van der Waals surface area (Å²) >= 11 is 1.67. The van der Waals surface area contributed by atoms with Gasteiger partial charge in [0, 0.05) is 44.2 Å². The van der Waals surface area contributed by atoms with Crippen LogP contribution in [0.2, 0.25) is 0 Å². The lowest BCUT2D eigenvalue weighted by atomic mass is 10.2. The highest BCUT2D eigenvalue weighted by atomic mass is 127. The third kappa shape index (κ3) is 9.49. The molecule has 150 valence electrons. The fourth-order valence-electron chi connectivity index (χ4n) is 2.19. The van der Waals surface area contributed by atoms with E-state index >= 15 is 0 Å². The minimum atomic E-state index is -3.35. The second-order valence-electron chi connectivity index (χ2n) is 5.67. The standard InChI is InChI=1S/C17H25N5O2S2.HI/c1-14-12-21-16(25-14)8-9-19-17(18-2)20-10-11-26(23,24)22-13-15-6-4-3-5-7-15;/h3-7,12,22H,8-11,13H2,1-2H3,(H2,18,19,20);1H. The predicted octanol–water partition coefficient (Wildman–Crippen LogP) is 1.90. The number of thiazole rings is 1. The van der Waals surface area contributed by atoms with E-state index in [-0.39, 0.29) is 36.3 Å². The van der Waals surface area contributed by atoms with E-state index in [1.54, 1.807) is 18.4 Å². The molecule has 0 unspecified atom stereocenters. The van der Waals surface area contributed by atoms with E-state index in [0.29, 0.717) is 19.0 Å². The fourth-order valence-corrected chi connectivity index (χ4v) is 3.88. The SMILES string of the molecule is CN=C(NCCc1ncc(C)s1)NCCS(=O)(=O)NCc1ccccc1.I. The summed E-state index contributed by atoms with van der Waals surface area (Å²) in [4.78, 5) is 9.60. The molecular formula is C17H26IN5O2S2. The lowest BCUT2D eigenvalue weighted by molar-refractivity contribution is 0.580. The van der Waals surface area contributed by atoms with Crippen molar-refractivity contribution in [3.63, 3.8) is 0 Å². The van der Waals surface area contributed by atoms with Crippen molar-refractivity contribution < 1.29 is 8.42 Å². The topological polar surface area (TPSA) is 95.5 Å². The molecule has 7 nitrogen and oxygen atoms in total. The third-order valence-electron chi connectivity index (χ3n) is 3.53. The third-order valence-corrected chi connectivity index (χ3v) is 5.82. The normalized spacial score (nSPS) is 11.7. The highest BCUT2D eigenvalue weighted by Gasteiger charge is 2.10. The molecule has 0 saturated heterocycles. The number of guanidine groups is 1. The monoisotopic (exact) mass is 523 g/mol. The summed E-state index contributed by atoms with van der Waals surface area (Å²) in [5.41, 5.74) is 0.930. The summed E-state index contributed by atoms with van der Waals surface area (Å²) in [7, 11) is -1.69. The number of benzene rings is 1. The predicted molar refractivity (Wildman–Crippen MR) is 122 cm³/mol. The van der Waals surface area contributed by atoms with Gasteiger partial charge in [-0.3, -0.25) is 4.99 Å². The van der Waals surface area contributed by atoms with Gasteiger partial charge in [0.2, 0.25) is 10.0 Å². The van der Waals surface area contributed by atoms with E-state index in [1.165, 1.54) is 4.88 Å². The van der Waals surface area contributed by atoms with Gasteiger partial charge >= 0.3 is 0 Å². The Kier molecular flexibility index (Phi) is 10.8. The van der Waals surface area contributed by atoms with Gasteiger partial charge in [0.15, 0.2) is 5.96 Å². The van der Waals surface area contributed by atoms with E-state index < -0.39 is 10.0 Å². The quantitative estimate of drug-likeness (QED) is 0.265. The van der Waals surface area contributed by atoms with E-state index in [4.69, 9.17) is 0 Å². The van der Waals surface area contributed by atoms with Gasteiger partial charge in [-0.25, -0.2) is 18.1 Å². The van der Waals surface area contributed by atoms with Gasteiger partial charge < -0.3 is 10.6 Å². The first-order chi connectivity index (χ1) is 12.5. The van der Waals surface area contributed by atoms with Crippen molar-refractivity contribution >= 4 is 51.3 Å². The van der Waals surface area contributed by atoms with Crippen molar-refractivity contribution in [2.45, 2.75) is 19.9 Å². The average molecular weight is 523 g/mol. The molecule has 0 bridgehead atoms. The Morgan fingerprint density at radius 1 is 1.19 bits per heavy atom. The van der Waals surface area contributed by atoms with Crippen LogP contribution >= 0.6 is 35.3 Å². The van der Waals surface area contributed by atoms with Crippen LogP contribution in [0.1, 0.15) is 15.4 Å². The minimum Gasteiger partial charge on any atom is -0.356 e. The molecule has 1 aromatic carbocycles. The summed E-state index contributed by atoms with van der Waals surface area (Å²) in [6, 6.07) is 9.44. The van der Waals surface area contributed by atoms with Crippen LogP contribution in [0.3, 0.4) is 0 Å². The van der Waals surface area contributed by atoms with Crippen LogP contribution < -0.4 is 15.4 Å². The molecule has 2 aromatic rings. The molecule has 0 aliphatic heterocycles. The average Bonchev–Trinajstić information content (AvgIpc) is 3.05. The molecule has 0 aliphatic rings. The van der Waals surface area contributed by atoms with Crippen molar-refractivity contribution in [2.75, 3.05) is 25.9 Å². The van der Waals surface area contributed by atoms with Gasteiger partial charge in [0.25, 0.3) is 0 Å². The van der Waals surface area contributed by atoms with Crippen molar-refractivity contribution in [1.82, 2.24) is 20.3 Å². The number of aromatic nitrogens is 1. The smallest absolute Gasteiger partial charge is 0.213 e. The highest BCUT2D eigenvalue weighted by molar-refractivity contribution is 14.0. The maximum Gasteiger partial charge on any atom is 0.213 e. The molecule has 1 aromatic heterocycles. The first-order valence-corrected chi connectivity index (χ1v) is 10.8. The zero-order valence-electron chi connectivity index (χ0n) is 15.4. The fraction of sp³-hybridized carbons (Fsp3) is 0.412. The number of nitrogens with zero attached hydrogens (tertiary/aromatic N) is 2. The molecule has 1 heterocycles. The number of halogens is 1. The lowest BCUT2D eigenvalue weighted by Crippen LogP contribution is -2.41. The van der Waals surface area contributed by atoms with E-state index in [9.17, 15) is 8.42 Å². The Morgan fingerprint density at radius 2 is 1.89 bits per heavy atom. The van der Waals surface area contributed by atoms with E-state index in [0.717, 1.165) is 17.0 Å². The van der Waals surface area contributed by atoms with Crippen LogP contribution in [0.15, 0.2) is 41.5 Å². The van der Waals surface area contributed by atoms with Crippen molar-refractivity contribution in [2.24, 2.45) is 4.99 Å². The van der Waals surface area contributed by atoms with Gasteiger partial charge in [0.05, 0.1) is 10.8 Å². The molecule has 27 heavy (non-hydrogen) atoms. The first kappa shape index (κ1) is 23.8. The number of sulfonamides is 1. The highest BCUT2D eigenvalue weighted by Crippen LogP contribution is 2.10. The van der Waals surface area contributed by atoms with Gasteiger partial charge in [-0.15, -0.1) is 35.3 Å². The molecule has 3 N–H and O–H groups in total. The number of nitrogens with one attached hydrogen (secondary N) is 3. The van der Waals surface area contributed by atoms with Crippen molar-refractivity contribution in [1.29, 1.82) is 0 Å². The molecule has 0 amide bonds. The maximum absolute atomic E-state index is 12.1. The van der Waals surface area contributed by atoms with Crippen LogP contribution in [0, 0.1) is 6.92 Å². The molecule has 0 radical (unpaired) electrons. The number of hydrogen-bond acceptors (Lipinski definition) is 5. The number of aliphatic imine (C=N–C) groups is 1. The van der Waals surface area contributed by atoms with Crippen LogP contribution in [-0.2, 0) is 23.0 Å². The van der Waals surface area contributed by atoms with E-state index in [2.05, 4.69) is 25.3 Å². The second kappa shape index (κ2) is 12.3. The van der Waals surface area contributed by atoms with E-state index in [1.807, 2.05) is 43.5 Å². The Labute approximate surface area is 182 Å². The molecule has 0 aliphatic carbocycles. The Balaban J connectivity index is 0.00000364. The van der Waals surface area contributed by atoms with Gasteiger partial charge in [0.1, 0.15) is 0 Å². The largest absolute Gasteiger partial charge is 0.356 e. The van der Waals surface area contributed by atoms with Crippen molar-refractivity contribution in [3.05, 3.63) is 52.0 Å². The maximum atomic E-state index is 12.1. The zero-order valence-corrected chi connectivity index (χ0v) is 19.4. The number of rotatable bonds is 9. The molecule has 10 heteroatoms. The Hall–Kier alpha value is -1.24. The van der Waals surface area contributed by atoms with Crippen molar-refractivity contribution in [3.8, 4) is 0 Å².